The molecule has 274 valence electrons. The van der Waals surface area contributed by atoms with Crippen molar-refractivity contribution in [1.82, 2.24) is 31.1 Å². The Bertz CT molecular complexity index is 1590. The fourth-order valence-corrected chi connectivity index (χ4v) is 6.84. The number of rotatable bonds is 8. The fourth-order valence-electron chi connectivity index (χ4n) is 6.84. The van der Waals surface area contributed by atoms with Crippen LogP contribution in [0.2, 0.25) is 0 Å². The quantitative estimate of drug-likeness (QED) is 0.307. The molecule has 0 unspecified atom stereocenters. The molecule has 2 fully saturated rings. The van der Waals surface area contributed by atoms with Crippen LogP contribution in [-0.4, -0.2) is 116 Å². The summed E-state index contributed by atoms with van der Waals surface area (Å²) >= 11 is 0. The molecule has 0 aliphatic carbocycles. The molecular formula is C37H48N6O8. The Balaban J connectivity index is 1.49. The number of ether oxygens (including phenoxy) is 2. The van der Waals surface area contributed by atoms with Crippen LogP contribution in [0.3, 0.4) is 0 Å². The summed E-state index contributed by atoms with van der Waals surface area (Å²) in [6.45, 7) is 3.82. The van der Waals surface area contributed by atoms with Gasteiger partial charge in [-0.1, -0.05) is 56.3 Å². The second kappa shape index (κ2) is 17.3. The molecule has 0 spiro atoms. The molecule has 0 saturated carbocycles. The van der Waals surface area contributed by atoms with Gasteiger partial charge in [0.05, 0.1) is 19.2 Å². The number of nitrogens with one attached hydrogen (secondary N) is 4. The van der Waals surface area contributed by atoms with E-state index in [1.54, 1.807) is 23.1 Å². The van der Waals surface area contributed by atoms with Crippen LogP contribution >= 0.6 is 0 Å². The number of nitrogens with zero attached hydrogens (tertiary/aromatic N) is 2. The van der Waals surface area contributed by atoms with Crippen molar-refractivity contribution >= 4 is 35.4 Å². The van der Waals surface area contributed by atoms with Gasteiger partial charge in [-0.25, -0.2) is 0 Å². The van der Waals surface area contributed by atoms with Gasteiger partial charge in [-0.3, -0.25) is 28.8 Å². The van der Waals surface area contributed by atoms with E-state index >= 15 is 0 Å². The van der Waals surface area contributed by atoms with Crippen molar-refractivity contribution in [2.75, 3.05) is 46.5 Å². The maximum absolute atomic E-state index is 14.2. The molecule has 5 rings (SSSR count). The Morgan fingerprint density at radius 1 is 0.902 bits per heavy atom. The second-order valence-electron chi connectivity index (χ2n) is 13.8. The highest BCUT2D eigenvalue weighted by atomic mass is 16.5. The predicted molar refractivity (Wildman–Crippen MR) is 186 cm³/mol. The number of carbonyl (C=O) groups excluding carboxylic acids is 6. The number of methoxy groups -OCH3 is 1. The minimum absolute atomic E-state index is 0.0440. The van der Waals surface area contributed by atoms with E-state index in [4.69, 9.17) is 9.47 Å². The van der Waals surface area contributed by atoms with E-state index in [9.17, 15) is 28.8 Å². The number of amides is 6. The van der Waals surface area contributed by atoms with E-state index in [2.05, 4.69) is 21.3 Å². The average Bonchev–Trinajstić information content (AvgIpc) is 3.74. The smallest absolute Gasteiger partial charge is 0.258 e. The summed E-state index contributed by atoms with van der Waals surface area (Å²) in [5.41, 5.74) is 1.59. The van der Waals surface area contributed by atoms with E-state index in [-0.39, 0.29) is 75.9 Å². The predicted octanol–water partition coefficient (Wildman–Crippen LogP) is 0.502. The maximum atomic E-state index is 14.2. The van der Waals surface area contributed by atoms with E-state index < -0.39 is 47.8 Å². The normalized spacial score (nSPS) is 24.9. The minimum atomic E-state index is -1.02. The Hall–Kier alpha value is -4.98. The Morgan fingerprint density at radius 2 is 1.67 bits per heavy atom. The molecule has 3 aliphatic rings. The molecule has 4 N–H and O–H groups in total. The number of fused-ring (bicyclic) bond motifs is 4. The van der Waals surface area contributed by atoms with Crippen molar-refractivity contribution in [2.45, 2.75) is 69.6 Å². The highest BCUT2D eigenvalue weighted by molar-refractivity contribution is 5.93. The molecular weight excluding hydrogens is 656 g/mol. The lowest BCUT2D eigenvalue weighted by molar-refractivity contribution is -0.141. The first-order chi connectivity index (χ1) is 24.5. The maximum Gasteiger partial charge on any atom is 0.258 e. The van der Waals surface area contributed by atoms with Gasteiger partial charge in [-0.2, -0.15) is 0 Å². The zero-order chi connectivity index (χ0) is 36.5. The molecule has 2 bridgehead atoms. The van der Waals surface area contributed by atoms with Crippen molar-refractivity contribution in [3.05, 3.63) is 65.7 Å². The zero-order valence-electron chi connectivity index (χ0n) is 29.4. The lowest BCUT2D eigenvalue weighted by Crippen LogP contribution is -2.56. The van der Waals surface area contributed by atoms with Gasteiger partial charge in [0.15, 0.2) is 6.61 Å². The van der Waals surface area contributed by atoms with E-state index in [0.29, 0.717) is 18.6 Å². The Kier molecular flexibility index (Phi) is 12.6. The second-order valence-corrected chi connectivity index (χ2v) is 13.8. The first kappa shape index (κ1) is 37.3. The number of hydrogen-bond acceptors (Lipinski definition) is 8. The summed E-state index contributed by atoms with van der Waals surface area (Å²) in [5, 5.41) is 11.5. The minimum Gasteiger partial charge on any atom is -0.484 e. The Labute approximate surface area is 298 Å². The summed E-state index contributed by atoms with van der Waals surface area (Å²) in [6.07, 6.45) is 1.17. The summed E-state index contributed by atoms with van der Waals surface area (Å²) in [5.74, 6) is -2.27. The molecule has 14 heteroatoms. The molecule has 2 aromatic rings. The van der Waals surface area contributed by atoms with Gasteiger partial charge >= 0.3 is 0 Å². The van der Waals surface area contributed by atoms with Crippen LogP contribution in [0, 0.1) is 5.92 Å². The third-order valence-electron chi connectivity index (χ3n) is 9.40. The topological polar surface area (TPSA) is 175 Å². The summed E-state index contributed by atoms with van der Waals surface area (Å²) < 4.78 is 11.1. The molecule has 3 aliphatic heterocycles. The zero-order valence-corrected chi connectivity index (χ0v) is 29.4. The first-order valence-electron chi connectivity index (χ1n) is 17.5. The van der Waals surface area contributed by atoms with Gasteiger partial charge < -0.3 is 40.5 Å². The Morgan fingerprint density at radius 3 is 2.37 bits per heavy atom. The largest absolute Gasteiger partial charge is 0.484 e. The molecule has 0 aromatic heterocycles. The first-order valence-corrected chi connectivity index (χ1v) is 17.5. The standard InChI is InChI=1S/C37H48N6O8/c1-23(2)16-30-37(49)42(14-15-50-3)21-33(45)39-29(17-24-8-5-4-6-9-24)35(47)41-31-20-43(36(48)28-12-13-32(44)38-28)19-27(31)25-10-7-11-26(18-25)51-22-34(46)40-30/h4-11,18,23,27-31H,12-17,19-22H2,1-3H3,(H,38,44)(H,39,45)(H,40,46)(H,41,47)/t27-,28-,29+,30-,31+/m1/s1. The highest BCUT2D eigenvalue weighted by Gasteiger charge is 2.41. The van der Waals surface area contributed by atoms with Gasteiger partial charge in [0.1, 0.15) is 23.9 Å². The molecule has 51 heavy (non-hydrogen) atoms. The molecule has 5 atom stereocenters. The van der Waals surface area contributed by atoms with Crippen molar-refractivity contribution in [3.63, 3.8) is 0 Å². The van der Waals surface area contributed by atoms with E-state index in [1.807, 2.05) is 50.2 Å². The third kappa shape index (κ3) is 10.1. The van der Waals surface area contributed by atoms with Crippen LogP contribution < -0.4 is 26.0 Å². The highest BCUT2D eigenvalue weighted by Crippen LogP contribution is 2.31. The molecule has 2 saturated heterocycles. The monoisotopic (exact) mass is 704 g/mol. The van der Waals surface area contributed by atoms with Crippen LogP contribution in [0.5, 0.6) is 5.75 Å². The van der Waals surface area contributed by atoms with Gasteiger partial charge in [0.25, 0.3) is 5.91 Å². The van der Waals surface area contributed by atoms with Crippen LogP contribution in [0.15, 0.2) is 54.6 Å². The number of carbonyl (C=O) groups is 6. The van der Waals surface area contributed by atoms with E-state index in [0.717, 1.165) is 11.1 Å². The molecule has 2 aromatic carbocycles. The van der Waals surface area contributed by atoms with Crippen molar-refractivity contribution in [3.8, 4) is 5.75 Å². The van der Waals surface area contributed by atoms with Crippen molar-refractivity contribution in [1.29, 1.82) is 0 Å². The fraction of sp³-hybridized carbons (Fsp3) is 0.514. The van der Waals surface area contributed by atoms with Gasteiger partial charge in [0, 0.05) is 45.5 Å². The van der Waals surface area contributed by atoms with Crippen LogP contribution in [0.1, 0.15) is 50.2 Å². The molecule has 6 amide bonds. The lowest BCUT2D eigenvalue weighted by atomic mass is 9.93. The van der Waals surface area contributed by atoms with E-state index in [1.165, 1.54) is 12.0 Å². The molecule has 3 heterocycles. The van der Waals surface area contributed by atoms with Gasteiger partial charge in [-0.15, -0.1) is 0 Å². The van der Waals surface area contributed by atoms with Crippen LogP contribution in [0.25, 0.3) is 0 Å². The van der Waals surface area contributed by atoms with Crippen LogP contribution in [-0.2, 0) is 39.9 Å². The average molecular weight is 705 g/mol. The third-order valence-corrected chi connectivity index (χ3v) is 9.40. The molecule has 0 radical (unpaired) electrons. The van der Waals surface area contributed by atoms with Gasteiger partial charge in [-0.05, 0) is 42.0 Å². The number of hydrogen-bond donors (Lipinski definition) is 4. The molecule has 14 nitrogen and oxygen atoms in total. The SMILES string of the molecule is COCCN1CC(=O)N[C@@H](Cc2ccccc2)C(=O)N[C@H]2CN(C(=O)[C@H]3CCC(=O)N3)C[C@@H]2c2cccc(c2)OCC(=O)N[C@H](CC(C)C)C1=O. The number of likely N-dealkylation sites (tertiary alicyclic amines) is 1. The van der Waals surface area contributed by atoms with Crippen LogP contribution in [0.4, 0.5) is 0 Å². The summed E-state index contributed by atoms with van der Waals surface area (Å²) in [7, 11) is 1.49. The van der Waals surface area contributed by atoms with Crippen molar-refractivity contribution < 1.29 is 38.2 Å². The van der Waals surface area contributed by atoms with Gasteiger partial charge in [0.2, 0.25) is 29.5 Å². The number of benzene rings is 2. The summed E-state index contributed by atoms with van der Waals surface area (Å²) in [6, 6.07) is 13.3. The van der Waals surface area contributed by atoms with Crippen molar-refractivity contribution in [2.24, 2.45) is 5.92 Å². The lowest BCUT2D eigenvalue weighted by Gasteiger charge is -2.29. The summed E-state index contributed by atoms with van der Waals surface area (Å²) in [4.78, 5) is 83.3.